The number of benzene rings is 1. The number of anilines is 3. The maximum Gasteiger partial charge on any atom is 0.244 e. The van der Waals surface area contributed by atoms with E-state index in [0.29, 0.717) is 42.9 Å². The molecule has 1 aromatic carbocycles. The minimum atomic E-state index is -0.860. The van der Waals surface area contributed by atoms with Gasteiger partial charge in [-0.2, -0.15) is 15.0 Å². The first-order chi connectivity index (χ1) is 19.3. The highest BCUT2D eigenvalue weighted by atomic mass is 35.5. The fourth-order valence-corrected chi connectivity index (χ4v) is 5.20. The first-order valence-electron chi connectivity index (χ1n) is 13.1. The van der Waals surface area contributed by atoms with Crippen LogP contribution in [-0.4, -0.2) is 101 Å². The molecule has 5 N–H and O–H groups in total. The summed E-state index contributed by atoms with van der Waals surface area (Å²) in [6.45, 7) is 1.37. The molecule has 2 aliphatic heterocycles. The summed E-state index contributed by atoms with van der Waals surface area (Å²) in [5.41, 5.74) is 0.784. The number of aliphatic hydroxyl groups is 1. The molecule has 2 saturated heterocycles. The second kappa shape index (κ2) is 13.8. The minimum absolute atomic E-state index is 0.0877. The van der Waals surface area contributed by atoms with Crippen LogP contribution in [0.4, 0.5) is 17.8 Å². The van der Waals surface area contributed by atoms with Gasteiger partial charge in [-0.25, -0.2) is 0 Å². The van der Waals surface area contributed by atoms with Gasteiger partial charge in [0.1, 0.15) is 11.9 Å². The van der Waals surface area contributed by atoms with Crippen molar-refractivity contribution >= 4 is 58.8 Å². The van der Waals surface area contributed by atoms with Crippen LogP contribution in [0.2, 0.25) is 5.02 Å². The Kier molecular flexibility index (Phi) is 10.2. The zero-order valence-electron chi connectivity index (χ0n) is 22.1. The molecule has 13 nitrogen and oxygen atoms in total. The predicted octanol–water partition coefficient (Wildman–Crippen LogP) is 0.611. The Labute approximate surface area is 242 Å². The Hall–Kier alpha value is -3.42. The van der Waals surface area contributed by atoms with Crippen LogP contribution < -0.4 is 26.2 Å². The van der Waals surface area contributed by atoms with Gasteiger partial charge in [-0.05, 0) is 24.5 Å². The average Bonchev–Trinajstić information content (AvgIpc) is 3.39. The first kappa shape index (κ1) is 29.6. The third-order valence-corrected chi connectivity index (χ3v) is 7.51. The van der Waals surface area contributed by atoms with Gasteiger partial charge < -0.3 is 36.2 Å². The number of aromatic nitrogens is 3. The number of nitrogens with one attached hydrogen (secondary N) is 4. The van der Waals surface area contributed by atoms with Crippen molar-refractivity contribution in [3.8, 4) is 0 Å². The van der Waals surface area contributed by atoms with Gasteiger partial charge in [-0.3, -0.25) is 14.4 Å². The van der Waals surface area contributed by atoms with Crippen LogP contribution in [0.5, 0.6) is 0 Å². The van der Waals surface area contributed by atoms with E-state index < -0.39 is 6.04 Å². The van der Waals surface area contributed by atoms with Crippen LogP contribution in [0.1, 0.15) is 24.4 Å². The van der Waals surface area contributed by atoms with E-state index in [2.05, 4.69) is 36.2 Å². The Morgan fingerprint density at radius 1 is 1.20 bits per heavy atom. The number of amides is 3. The fraction of sp³-hybridized carbons (Fsp3) is 0.520. The molecule has 3 atom stereocenters. The van der Waals surface area contributed by atoms with Crippen LogP contribution in [0.25, 0.3) is 0 Å². The van der Waals surface area contributed by atoms with E-state index in [-0.39, 0.29) is 67.8 Å². The van der Waals surface area contributed by atoms with Gasteiger partial charge in [0.2, 0.25) is 35.6 Å². The highest BCUT2D eigenvalue weighted by Crippen LogP contribution is 2.28. The van der Waals surface area contributed by atoms with Crippen molar-refractivity contribution in [2.45, 2.75) is 24.9 Å². The van der Waals surface area contributed by atoms with E-state index in [1.54, 1.807) is 18.0 Å². The largest absolute Gasteiger partial charge is 0.396 e. The number of alkyl halides is 1. The van der Waals surface area contributed by atoms with Crippen molar-refractivity contribution in [3.63, 3.8) is 0 Å². The normalized spacial score (nSPS) is 19.6. The number of halogens is 2. The smallest absolute Gasteiger partial charge is 0.244 e. The molecule has 0 spiro atoms. The maximum absolute atomic E-state index is 13.2. The first-order valence-corrected chi connectivity index (χ1v) is 14.0. The van der Waals surface area contributed by atoms with Gasteiger partial charge in [0.15, 0.2) is 0 Å². The lowest BCUT2D eigenvalue weighted by Crippen LogP contribution is -2.61. The van der Waals surface area contributed by atoms with Crippen LogP contribution in [0, 0.1) is 5.92 Å². The zero-order chi connectivity index (χ0) is 28.6. The number of hydrogen-bond acceptors (Lipinski definition) is 10. The molecule has 0 bridgehead atoms. The van der Waals surface area contributed by atoms with Crippen LogP contribution >= 0.6 is 23.2 Å². The minimum Gasteiger partial charge on any atom is -0.396 e. The molecule has 2 aromatic rings. The maximum atomic E-state index is 13.2. The van der Waals surface area contributed by atoms with Gasteiger partial charge in [-0.15, -0.1) is 11.6 Å². The van der Waals surface area contributed by atoms with E-state index in [1.807, 2.05) is 18.2 Å². The number of piperazine rings is 1. The lowest BCUT2D eigenvalue weighted by atomic mass is 10.0. The van der Waals surface area contributed by atoms with Crippen molar-refractivity contribution in [1.82, 2.24) is 30.5 Å². The SMILES string of the molecule is CNc1nc(NC(CCO)c2ccccc2Cl)nc(N2CCN(C(=O)CCl)C(C(=O)NCC3CCNC3=O)C2)n1. The predicted molar refractivity (Wildman–Crippen MR) is 151 cm³/mol. The number of aliphatic hydroxyl groups excluding tert-OH is 1. The van der Waals surface area contributed by atoms with Crippen molar-refractivity contribution in [1.29, 1.82) is 0 Å². The van der Waals surface area contributed by atoms with Crippen molar-refractivity contribution in [3.05, 3.63) is 34.9 Å². The molecule has 2 fully saturated rings. The molecule has 3 amide bonds. The lowest BCUT2D eigenvalue weighted by Gasteiger charge is -2.40. The van der Waals surface area contributed by atoms with Gasteiger partial charge in [0.25, 0.3) is 0 Å². The number of rotatable bonds is 11. The highest BCUT2D eigenvalue weighted by Gasteiger charge is 2.37. The second-order valence-electron chi connectivity index (χ2n) is 9.47. The molecule has 3 unspecified atom stereocenters. The second-order valence-corrected chi connectivity index (χ2v) is 10.1. The molecular weight excluding hydrogens is 561 g/mol. The molecule has 0 saturated carbocycles. The molecule has 3 heterocycles. The molecule has 216 valence electrons. The molecule has 1 aromatic heterocycles. The third kappa shape index (κ3) is 7.01. The van der Waals surface area contributed by atoms with E-state index in [1.165, 1.54) is 4.90 Å². The third-order valence-electron chi connectivity index (χ3n) is 6.93. The lowest BCUT2D eigenvalue weighted by molar-refractivity contribution is -0.139. The van der Waals surface area contributed by atoms with Crippen LogP contribution in [-0.2, 0) is 14.4 Å². The number of carbonyl (C=O) groups excluding carboxylic acids is 3. The molecule has 0 aliphatic carbocycles. The van der Waals surface area contributed by atoms with Crippen molar-refractivity contribution in [2.75, 3.05) is 67.8 Å². The summed E-state index contributed by atoms with van der Waals surface area (Å²) in [7, 11) is 1.68. The summed E-state index contributed by atoms with van der Waals surface area (Å²) in [5, 5.41) is 22.0. The molecule has 40 heavy (non-hydrogen) atoms. The van der Waals surface area contributed by atoms with Crippen LogP contribution in [0.3, 0.4) is 0 Å². The summed E-state index contributed by atoms with van der Waals surface area (Å²) in [5.74, 6) is -0.558. The molecular formula is C25H33Cl2N9O4. The Bertz CT molecular complexity index is 1220. The van der Waals surface area contributed by atoms with Crippen molar-refractivity contribution < 1.29 is 19.5 Å². The molecule has 2 aliphatic rings. The highest BCUT2D eigenvalue weighted by molar-refractivity contribution is 6.31. The van der Waals surface area contributed by atoms with E-state index in [0.717, 1.165) is 5.56 Å². The van der Waals surface area contributed by atoms with E-state index in [9.17, 15) is 19.5 Å². The fourth-order valence-electron chi connectivity index (χ4n) is 4.78. The number of carbonyl (C=O) groups is 3. The van der Waals surface area contributed by atoms with Gasteiger partial charge in [-0.1, -0.05) is 29.8 Å². The van der Waals surface area contributed by atoms with Gasteiger partial charge in [0.05, 0.1) is 18.5 Å². The summed E-state index contributed by atoms with van der Waals surface area (Å²) in [6.07, 6.45) is 0.999. The van der Waals surface area contributed by atoms with E-state index in [4.69, 9.17) is 23.2 Å². The Morgan fingerprint density at radius 2 is 1.98 bits per heavy atom. The molecule has 4 rings (SSSR count). The monoisotopic (exact) mass is 593 g/mol. The van der Waals surface area contributed by atoms with Gasteiger partial charge in [0, 0.05) is 44.9 Å². The Morgan fingerprint density at radius 3 is 2.65 bits per heavy atom. The topological polar surface area (TPSA) is 165 Å². The summed E-state index contributed by atoms with van der Waals surface area (Å²) >= 11 is 12.2. The Balaban J connectivity index is 1.55. The quantitative estimate of drug-likeness (QED) is 0.233. The number of nitrogens with zero attached hydrogens (tertiary/aromatic N) is 5. The molecule has 0 radical (unpaired) electrons. The van der Waals surface area contributed by atoms with Crippen LogP contribution in [0.15, 0.2) is 24.3 Å². The zero-order valence-corrected chi connectivity index (χ0v) is 23.6. The summed E-state index contributed by atoms with van der Waals surface area (Å²) in [4.78, 5) is 54.5. The summed E-state index contributed by atoms with van der Waals surface area (Å²) < 4.78 is 0. The van der Waals surface area contributed by atoms with Crippen molar-refractivity contribution in [2.24, 2.45) is 5.92 Å². The van der Waals surface area contributed by atoms with Gasteiger partial charge >= 0.3 is 0 Å². The van der Waals surface area contributed by atoms with E-state index >= 15 is 0 Å². The standard InChI is InChI=1S/C25H33Cl2N9O4/c1-28-23-32-24(31-18(7-11-37)16-4-2-3-5-17(16)27)34-25(33-23)35-9-10-36(20(38)12-26)19(14-35)22(40)30-13-15-6-8-29-21(15)39/h2-5,15,18-19,37H,6-14H2,1H3,(H,29,39)(H,30,40)(H2,28,31,32,33,34). The summed E-state index contributed by atoms with van der Waals surface area (Å²) in [6, 6.07) is 6.08. The number of hydrogen-bond donors (Lipinski definition) is 5. The molecule has 15 heteroatoms. The average molecular weight is 595 g/mol.